The molecule has 1 aliphatic heterocycles. The molecule has 3 aromatic rings. The van der Waals surface area contributed by atoms with Crippen molar-refractivity contribution in [3.8, 4) is 22.6 Å². The second-order valence-corrected chi connectivity index (χ2v) is 6.98. The maximum absolute atomic E-state index is 12.9. The predicted molar refractivity (Wildman–Crippen MR) is 106 cm³/mol. The SMILES string of the molecule is CCn1ccc(C(=O)N2CCOc3c(O)cc(-c4ccc(C)cc4)cc3C2)n1. The van der Waals surface area contributed by atoms with Crippen LogP contribution in [0.4, 0.5) is 0 Å². The molecule has 1 aromatic heterocycles. The Morgan fingerprint density at radius 1 is 1.18 bits per heavy atom. The zero-order valence-electron chi connectivity index (χ0n) is 16.1. The third kappa shape index (κ3) is 3.45. The Labute approximate surface area is 164 Å². The Hall–Kier alpha value is -3.28. The van der Waals surface area contributed by atoms with Gasteiger partial charge >= 0.3 is 0 Å². The van der Waals surface area contributed by atoms with Crippen molar-refractivity contribution < 1.29 is 14.6 Å². The number of amides is 1. The minimum absolute atomic E-state index is 0.0950. The van der Waals surface area contributed by atoms with Crippen molar-refractivity contribution in [3.05, 3.63) is 65.5 Å². The van der Waals surface area contributed by atoms with E-state index in [1.54, 1.807) is 27.9 Å². The lowest BCUT2D eigenvalue weighted by Crippen LogP contribution is -2.32. The highest BCUT2D eigenvalue weighted by Crippen LogP contribution is 2.37. The van der Waals surface area contributed by atoms with E-state index in [1.807, 2.05) is 44.2 Å². The molecule has 1 aliphatic rings. The first kappa shape index (κ1) is 18.1. The topological polar surface area (TPSA) is 67.6 Å². The summed E-state index contributed by atoms with van der Waals surface area (Å²) in [6.07, 6.45) is 1.80. The van der Waals surface area contributed by atoms with Crippen molar-refractivity contribution in [2.24, 2.45) is 0 Å². The van der Waals surface area contributed by atoms with Gasteiger partial charge in [-0.1, -0.05) is 29.8 Å². The molecule has 0 saturated carbocycles. The summed E-state index contributed by atoms with van der Waals surface area (Å²) in [5.41, 5.74) is 4.28. The van der Waals surface area contributed by atoms with Gasteiger partial charge in [0.2, 0.25) is 0 Å². The second kappa shape index (κ2) is 7.38. The van der Waals surface area contributed by atoms with Gasteiger partial charge in [0.1, 0.15) is 12.3 Å². The number of phenols is 1. The lowest BCUT2D eigenvalue weighted by Gasteiger charge is -2.19. The zero-order valence-corrected chi connectivity index (χ0v) is 16.1. The Bertz CT molecular complexity index is 1010. The predicted octanol–water partition coefficient (Wildman–Crippen LogP) is 3.62. The second-order valence-electron chi connectivity index (χ2n) is 6.98. The monoisotopic (exact) mass is 377 g/mol. The first-order chi connectivity index (χ1) is 13.5. The summed E-state index contributed by atoms with van der Waals surface area (Å²) >= 11 is 0. The van der Waals surface area contributed by atoms with E-state index in [4.69, 9.17) is 4.74 Å². The molecule has 4 rings (SSSR count). The number of benzene rings is 2. The summed E-state index contributed by atoms with van der Waals surface area (Å²) in [6.45, 7) is 5.85. The number of aromatic hydroxyl groups is 1. The molecule has 1 N–H and O–H groups in total. The van der Waals surface area contributed by atoms with Gasteiger partial charge < -0.3 is 14.7 Å². The summed E-state index contributed by atoms with van der Waals surface area (Å²) in [7, 11) is 0. The highest BCUT2D eigenvalue weighted by atomic mass is 16.5. The van der Waals surface area contributed by atoms with E-state index in [2.05, 4.69) is 5.10 Å². The summed E-state index contributed by atoms with van der Waals surface area (Å²) in [4.78, 5) is 14.6. The van der Waals surface area contributed by atoms with Crippen LogP contribution in [0.1, 0.15) is 28.5 Å². The fraction of sp³-hybridized carbons (Fsp3) is 0.273. The van der Waals surface area contributed by atoms with Crippen molar-refractivity contribution >= 4 is 5.91 Å². The van der Waals surface area contributed by atoms with Crippen LogP contribution in [-0.4, -0.2) is 38.8 Å². The Morgan fingerprint density at radius 3 is 2.68 bits per heavy atom. The van der Waals surface area contributed by atoms with Crippen LogP contribution in [0.3, 0.4) is 0 Å². The van der Waals surface area contributed by atoms with Crippen LogP contribution in [0.15, 0.2) is 48.7 Å². The molecule has 0 fully saturated rings. The van der Waals surface area contributed by atoms with Gasteiger partial charge in [-0.15, -0.1) is 0 Å². The number of fused-ring (bicyclic) bond motifs is 1. The molecule has 0 spiro atoms. The molecule has 0 saturated heterocycles. The normalized spacial score (nSPS) is 13.6. The summed E-state index contributed by atoms with van der Waals surface area (Å²) in [6, 6.07) is 13.5. The van der Waals surface area contributed by atoms with Crippen LogP contribution < -0.4 is 4.74 Å². The van der Waals surface area contributed by atoms with Crippen LogP contribution >= 0.6 is 0 Å². The van der Waals surface area contributed by atoms with Gasteiger partial charge in [0, 0.05) is 24.8 Å². The molecule has 2 heterocycles. The van der Waals surface area contributed by atoms with Crippen molar-refractivity contribution in [1.82, 2.24) is 14.7 Å². The maximum Gasteiger partial charge on any atom is 0.274 e. The molecule has 0 aliphatic carbocycles. The molecule has 0 unspecified atom stereocenters. The molecular formula is C22H23N3O3. The lowest BCUT2D eigenvalue weighted by molar-refractivity contribution is 0.0726. The molecule has 1 amide bonds. The van der Waals surface area contributed by atoms with Crippen LogP contribution in [0.5, 0.6) is 11.5 Å². The Kier molecular flexibility index (Phi) is 4.77. The Morgan fingerprint density at radius 2 is 1.96 bits per heavy atom. The Balaban J connectivity index is 1.66. The fourth-order valence-corrected chi connectivity index (χ4v) is 3.40. The zero-order chi connectivity index (χ0) is 19.7. The molecule has 0 radical (unpaired) electrons. The number of aromatic nitrogens is 2. The molecule has 144 valence electrons. The third-order valence-corrected chi connectivity index (χ3v) is 4.97. The van der Waals surface area contributed by atoms with Crippen molar-refractivity contribution in [3.63, 3.8) is 0 Å². The molecule has 2 aromatic carbocycles. The summed E-state index contributed by atoms with van der Waals surface area (Å²) in [5, 5.41) is 14.8. The van der Waals surface area contributed by atoms with Gasteiger partial charge in [-0.05, 0) is 43.2 Å². The number of hydrogen-bond donors (Lipinski definition) is 1. The van der Waals surface area contributed by atoms with E-state index in [0.717, 1.165) is 16.7 Å². The highest BCUT2D eigenvalue weighted by Gasteiger charge is 2.25. The smallest absolute Gasteiger partial charge is 0.274 e. The van der Waals surface area contributed by atoms with Gasteiger partial charge in [0.15, 0.2) is 11.5 Å². The van der Waals surface area contributed by atoms with Gasteiger partial charge in [0.25, 0.3) is 5.91 Å². The summed E-state index contributed by atoms with van der Waals surface area (Å²) in [5.74, 6) is 0.409. The first-order valence-corrected chi connectivity index (χ1v) is 9.43. The number of nitrogens with zero attached hydrogens (tertiary/aromatic N) is 3. The van der Waals surface area contributed by atoms with Crippen LogP contribution in [0, 0.1) is 6.92 Å². The number of rotatable bonds is 3. The third-order valence-electron chi connectivity index (χ3n) is 4.97. The van der Waals surface area contributed by atoms with E-state index < -0.39 is 0 Å². The van der Waals surface area contributed by atoms with Gasteiger partial charge in [-0.25, -0.2) is 0 Å². The number of phenolic OH excluding ortho intramolecular Hbond substituents is 1. The van der Waals surface area contributed by atoms with Gasteiger partial charge in [-0.3, -0.25) is 9.48 Å². The molecular weight excluding hydrogens is 354 g/mol. The average molecular weight is 377 g/mol. The summed E-state index contributed by atoms with van der Waals surface area (Å²) < 4.78 is 7.50. The van der Waals surface area contributed by atoms with Gasteiger partial charge in [0.05, 0.1) is 6.54 Å². The fourth-order valence-electron chi connectivity index (χ4n) is 3.40. The van der Waals surface area contributed by atoms with Crippen LogP contribution in [-0.2, 0) is 13.1 Å². The molecule has 0 atom stereocenters. The number of ether oxygens (including phenoxy) is 1. The van der Waals surface area contributed by atoms with E-state index in [0.29, 0.717) is 37.7 Å². The quantitative estimate of drug-likeness (QED) is 0.757. The first-order valence-electron chi connectivity index (χ1n) is 9.43. The van der Waals surface area contributed by atoms with E-state index in [1.165, 1.54) is 5.56 Å². The van der Waals surface area contributed by atoms with Crippen LogP contribution in [0.2, 0.25) is 0 Å². The molecule has 6 heteroatoms. The van der Waals surface area contributed by atoms with E-state index in [-0.39, 0.29) is 11.7 Å². The minimum atomic E-state index is -0.135. The molecule has 28 heavy (non-hydrogen) atoms. The number of carbonyl (C=O) groups excluding carboxylic acids is 1. The van der Waals surface area contributed by atoms with Crippen molar-refractivity contribution in [2.45, 2.75) is 26.9 Å². The maximum atomic E-state index is 12.9. The molecule has 0 bridgehead atoms. The molecule has 6 nitrogen and oxygen atoms in total. The standard InChI is InChI=1S/C22H23N3O3/c1-3-25-9-8-19(23-25)22(27)24-10-11-28-21-18(14-24)12-17(13-20(21)26)16-6-4-15(2)5-7-16/h4-9,12-13,26H,3,10-11,14H2,1-2H3. The average Bonchev–Trinajstić information content (AvgIpc) is 3.07. The van der Waals surface area contributed by atoms with Gasteiger partial charge in [-0.2, -0.15) is 5.10 Å². The highest BCUT2D eigenvalue weighted by molar-refractivity contribution is 5.92. The number of aryl methyl sites for hydroxylation is 2. The minimum Gasteiger partial charge on any atom is -0.504 e. The van der Waals surface area contributed by atoms with Crippen molar-refractivity contribution in [2.75, 3.05) is 13.2 Å². The lowest BCUT2D eigenvalue weighted by atomic mass is 10.0. The van der Waals surface area contributed by atoms with Crippen LogP contribution in [0.25, 0.3) is 11.1 Å². The number of carbonyl (C=O) groups is 1. The largest absolute Gasteiger partial charge is 0.504 e. The van der Waals surface area contributed by atoms with E-state index >= 15 is 0 Å². The van der Waals surface area contributed by atoms with Crippen molar-refractivity contribution in [1.29, 1.82) is 0 Å². The van der Waals surface area contributed by atoms with E-state index in [9.17, 15) is 9.90 Å². The number of hydrogen-bond acceptors (Lipinski definition) is 4.